The van der Waals surface area contributed by atoms with Gasteiger partial charge in [0, 0.05) is 22.1 Å². The Kier molecular flexibility index (Phi) is 10.3. The Morgan fingerprint density at radius 1 is 0.711 bits per heavy atom. The molecule has 1 saturated heterocycles. The lowest BCUT2D eigenvalue weighted by Gasteiger charge is -2.46. The van der Waals surface area contributed by atoms with Crippen LogP contribution in [0.1, 0.15) is 64.6 Å². The molecule has 1 fully saturated rings. The topological polar surface area (TPSA) is 27.7 Å². The second-order valence-corrected chi connectivity index (χ2v) is 13.5. The molecule has 0 N–H and O–H groups in total. The third-order valence-corrected chi connectivity index (χ3v) is 10.2. The van der Waals surface area contributed by atoms with Gasteiger partial charge in [0.2, 0.25) is 0 Å². The molecule has 6 rings (SSSR count). The highest BCUT2D eigenvalue weighted by Gasteiger charge is 2.45. The molecule has 1 aliphatic heterocycles. The van der Waals surface area contributed by atoms with Gasteiger partial charge in [0.25, 0.3) is 0 Å². The van der Waals surface area contributed by atoms with E-state index in [1.54, 1.807) is 0 Å². The van der Waals surface area contributed by atoms with Crippen molar-refractivity contribution in [3.05, 3.63) is 154 Å². The summed E-state index contributed by atoms with van der Waals surface area (Å²) < 4.78 is 20.5. The molecule has 0 aliphatic carbocycles. The van der Waals surface area contributed by atoms with Gasteiger partial charge in [-0.25, -0.2) is 0 Å². The molecule has 0 spiro atoms. The van der Waals surface area contributed by atoms with Crippen molar-refractivity contribution in [1.29, 1.82) is 0 Å². The first-order valence-electron chi connectivity index (χ1n) is 16.2. The van der Waals surface area contributed by atoms with Crippen molar-refractivity contribution in [2.24, 2.45) is 5.92 Å². The van der Waals surface area contributed by atoms with E-state index < -0.39 is 0 Å². The summed E-state index contributed by atoms with van der Waals surface area (Å²) in [5, 5.41) is 0. The summed E-state index contributed by atoms with van der Waals surface area (Å²) in [4.78, 5) is 2.67. The molecular weight excluding hydrogens is 573 g/mol. The number of hydrogen-bond donors (Lipinski definition) is 0. The molecule has 0 saturated carbocycles. The normalized spacial score (nSPS) is 21.6. The standard InChI is InChI=1S/C41H44O3S/c1-5-37-30(4)39(42-26-31-12-8-6-9-13-31)41(43-27-32-14-10-7-11-15-32)40(44-37)34-21-18-29(3)35(24-34)25-36-22-23-38(45-36)33-19-16-28(2)17-20-33/h6-24,30,37,39-41H,5,25-27H2,1-4H3/t30-,37-,39+,40-,41-/m1/s1. The molecule has 5 aromatic rings. The molecule has 0 amide bonds. The van der Waals surface area contributed by atoms with Crippen molar-refractivity contribution in [2.75, 3.05) is 0 Å². The van der Waals surface area contributed by atoms with E-state index in [4.69, 9.17) is 14.2 Å². The molecular formula is C41H44O3S. The number of benzene rings is 4. The molecule has 0 unspecified atom stereocenters. The maximum Gasteiger partial charge on any atom is 0.115 e. The van der Waals surface area contributed by atoms with E-state index in [0.29, 0.717) is 13.2 Å². The number of rotatable bonds is 11. The number of aryl methyl sites for hydroxylation is 2. The highest BCUT2D eigenvalue weighted by molar-refractivity contribution is 7.15. The summed E-state index contributed by atoms with van der Waals surface area (Å²) in [7, 11) is 0. The van der Waals surface area contributed by atoms with Crippen LogP contribution in [0.4, 0.5) is 0 Å². The molecule has 2 heterocycles. The molecule has 4 heteroatoms. The van der Waals surface area contributed by atoms with Crippen LogP contribution in [0, 0.1) is 19.8 Å². The smallest absolute Gasteiger partial charge is 0.115 e. The van der Waals surface area contributed by atoms with Gasteiger partial charge in [0.1, 0.15) is 12.2 Å². The Labute approximate surface area is 272 Å². The third kappa shape index (κ3) is 7.65. The summed E-state index contributed by atoms with van der Waals surface area (Å²) in [6.45, 7) is 9.86. The van der Waals surface area contributed by atoms with Crippen LogP contribution in [0.2, 0.25) is 0 Å². The van der Waals surface area contributed by atoms with Crippen molar-refractivity contribution in [3.8, 4) is 10.4 Å². The van der Waals surface area contributed by atoms with Crippen LogP contribution in [-0.4, -0.2) is 18.3 Å². The summed E-state index contributed by atoms with van der Waals surface area (Å²) in [5.41, 5.74) is 8.64. The van der Waals surface area contributed by atoms with Crippen LogP contribution >= 0.6 is 11.3 Å². The van der Waals surface area contributed by atoms with Crippen molar-refractivity contribution in [3.63, 3.8) is 0 Å². The first-order chi connectivity index (χ1) is 22.0. The molecule has 232 valence electrons. The van der Waals surface area contributed by atoms with E-state index >= 15 is 0 Å². The van der Waals surface area contributed by atoms with E-state index in [0.717, 1.165) is 24.0 Å². The predicted molar refractivity (Wildman–Crippen MR) is 186 cm³/mol. The molecule has 45 heavy (non-hydrogen) atoms. The maximum absolute atomic E-state index is 6.93. The van der Waals surface area contributed by atoms with Gasteiger partial charge in [-0.3, -0.25) is 0 Å². The van der Waals surface area contributed by atoms with Crippen LogP contribution in [0.5, 0.6) is 0 Å². The highest BCUT2D eigenvalue weighted by atomic mass is 32.1. The number of ether oxygens (including phenoxy) is 3. The summed E-state index contributed by atoms with van der Waals surface area (Å²) in [6.07, 6.45) is 1.28. The summed E-state index contributed by atoms with van der Waals surface area (Å²) in [5.74, 6) is 0.187. The quantitative estimate of drug-likeness (QED) is 0.148. The largest absolute Gasteiger partial charge is 0.370 e. The van der Waals surface area contributed by atoms with Gasteiger partial charge in [0.05, 0.1) is 25.4 Å². The van der Waals surface area contributed by atoms with E-state index in [1.807, 2.05) is 23.5 Å². The molecule has 0 radical (unpaired) electrons. The van der Waals surface area contributed by atoms with Gasteiger partial charge in [-0.2, -0.15) is 0 Å². The second-order valence-electron chi connectivity index (χ2n) is 12.4. The zero-order valence-corrected chi connectivity index (χ0v) is 27.6. The van der Waals surface area contributed by atoms with E-state index in [-0.39, 0.29) is 30.3 Å². The SMILES string of the molecule is CC[C@H]1O[C@H](c2ccc(C)c(Cc3ccc(-c4ccc(C)cc4)s3)c2)[C@H](OCc2ccccc2)[C@@H](OCc2ccccc2)[C@@H]1C. The van der Waals surface area contributed by atoms with Crippen molar-refractivity contribution in [1.82, 2.24) is 0 Å². The summed E-state index contributed by atoms with van der Waals surface area (Å²) in [6, 6.07) is 41.0. The lowest BCUT2D eigenvalue weighted by atomic mass is 9.83. The average Bonchev–Trinajstić information content (AvgIpc) is 3.54. The molecule has 0 bridgehead atoms. The maximum atomic E-state index is 6.93. The van der Waals surface area contributed by atoms with Crippen LogP contribution in [0.25, 0.3) is 10.4 Å². The fraction of sp³-hybridized carbons (Fsp3) is 0.317. The lowest BCUT2D eigenvalue weighted by Crippen LogP contribution is -2.51. The molecule has 1 aliphatic rings. The average molecular weight is 617 g/mol. The van der Waals surface area contributed by atoms with Crippen molar-refractivity contribution in [2.45, 2.75) is 78.2 Å². The Morgan fingerprint density at radius 3 is 2.00 bits per heavy atom. The second kappa shape index (κ2) is 14.7. The predicted octanol–water partition coefficient (Wildman–Crippen LogP) is 10.3. The number of hydrogen-bond acceptors (Lipinski definition) is 4. The van der Waals surface area contributed by atoms with Crippen LogP contribution < -0.4 is 0 Å². The van der Waals surface area contributed by atoms with Crippen LogP contribution in [0.15, 0.2) is 115 Å². The molecule has 4 aromatic carbocycles. The third-order valence-electron chi connectivity index (χ3n) is 9.09. The molecule has 1 aromatic heterocycles. The van der Waals surface area contributed by atoms with Crippen LogP contribution in [0.3, 0.4) is 0 Å². The van der Waals surface area contributed by atoms with Gasteiger partial charge in [0.15, 0.2) is 0 Å². The van der Waals surface area contributed by atoms with Gasteiger partial charge >= 0.3 is 0 Å². The van der Waals surface area contributed by atoms with Gasteiger partial charge in [-0.05, 0) is 65.8 Å². The van der Waals surface area contributed by atoms with Gasteiger partial charge in [-0.1, -0.05) is 123 Å². The Hall–Kier alpha value is -3.54. The van der Waals surface area contributed by atoms with E-state index in [9.17, 15) is 0 Å². The first-order valence-corrected chi connectivity index (χ1v) is 17.0. The fourth-order valence-electron chi connectivity index (χ4n) is 6.36. The van der Waals surface area contributed by atoms with E-state index in [2.05, 4.69) is 131 Å². The monoisotopic (exact) mass is 616 g/mol. The zero-order chi connectivity index (χ0) is 31.2. The first kappa shape index (κ1) is 31.4. The lowest BCUT2D eigenvalue weighted by molar-refractivity contribution is -0.234. The Morgan fingerprint density at radius 2 is 1.36 bits per heavy atom. The minimum Gasteiger partial charge on any atom is -0.370 e. The van der Waals surface area contributed by atoms with Crippen LogP contribution in [-0.2, 0) is 33.8 Å². The van der Waals surface area contributed by atoms with Crippen molar-refractivity contribution >= 4 is 11.3 Å². The minimum atomic E-state index is -0.253. The Bertz CT molecular complexity index is 1640. The zero-order valence-electron chi connectivity index (χ0n) is 26.8. The summed E-state index contributed by atoms with van der Waals surface area (Å²) >= 11 is 1.88. The number of thiophene rings is 1. The van der Waals surface area contributed by atoms with Crippen molar-refractivity contribution < 1.29 is 14.2 Å². The molecule has 3 nitrogen and oxygen atoms in total. The Balaban J connectivity index is 1.29. The van der Waals surface area contributed by atoms with E-state index in [1.165, 1.54) is 37.6 Å². The van der Waals surface area contributed by atoms with Gasteiger partial charge in [-0.15, -0.1) is 11.3 Å². The highest BCUT2D eigenvalue weighted by Crippen LogP contribution is 2.41. The van der Waals surface area contributed by atoms with Gasteiger partial charge < -0.3 is 14.2 Å². The molecule has 5 atom stereocenters. The minimum absolute atomic E-state index is 0.0754. The fourth-order valence-corrected chi connectivity index (χ4v) is 7.40.